The van der Waals surface area contributed by atoms with Crippen molar-refractivity contribution < 1.29 is 14.3 Å². The number of rotatable bonds is 4. The molecule has 1 aliphatic rings. The van der Waals surface area contributed by atoms with E-state index in [-0.39, 0.29) is 5.78 Å². The maximum Gasteiger partial charge on any atom is 0.320 e. The second-order valence-corrected chi connectivity index (χ2v) is 5.29. The van der Waals surface area contributed by atoms with Gasteiger partial charge < -0.3 is 4.74 Å². The minimum atomic E-state index is -1.06. The van der Waals surface area contributed by atoms with Crippen LogP contribution in [0.15, 0.2) is 42.6 Å². The number of ether oxygens (including phenoxy) is 1. The molecule has 0 bridgehead atoms. The average Bonchev–Trinajstić information content (AvgIpc) is 3.09. The summed E-state index contributed by atoms with van der Waals surface area (Å²) in [6, 6.07) is 11.5. The Hall–Kier alpha value is -2.43. The lowest BCUT2D eigenvalue weighted by Gasteiger charge is -2.19. The summed E-state index contributed by atoms with van der Waals surface area (Å²) < 4.78 is 6.74. The molecule has 1 atom stereocenters. The maximum atomic E-state index is 11.9. The fourth-order valence-corrected chi connectivity index (χ4v) is 2.65. The van der Waals surface area contributed by atoms with Gasteiger partial charge in [0.05, 0.1) is 18.0 Å². The molecule has 1 aromatic heterocycles. The Morgan fingerprint density at radius 1 is 1.33 bits per heavy atom. The van der Waals surface area contributed by atoms with E-state index in [1.54, 1.807) is 4.68 Å². The van der Waals surface area contributed by atoms with Crippen LogP contribution in [0.25, 0.3) is 5.69 Å². The Kier molecular flexibility index (Phi) is 3.33. The van der Waals surface area contributed by atoms with E-state index < -0.39 is 11.4 Å². The van der Waals surface area contributed by atoms with Gasteiger partial charge in [-0.2, -0.15) is 5.10 Å². The molecule has 5 nitrogen and oxygen atoms in total. The molecule has 1 unspecified atom stereocenters. The topological polar surface area (TPSA) is 61.2 Å². The van der Waals surface area contributed by atoms with Gasteiger partial charge in [-0.05, 0) is 25.1 Å². The third-order valence-electron chi connectivity index (χ3n) is 3.97. The molecule has 21 heavy (non-hydrogen) atoms. The molecule has 0 spiro atoms. The highest BCUT2D eigenvalue weighted by Gasteiger charge is 2.49. The van der Waals surface area contributed by atoms with Crippen LogP contribution in [0.1, 0.15) is 19.0 Å². The van der Waals surface area contributed by atoms with Crippen molar-refractivity contribution in [2.45, 2.75) is 19.8 Å². The highest BCUT2D eigenvalue weighted by Crippen LogP contribution is 2.34. The third-order valence-corrected chi connectivity index (χ3v) is 3.97. The number of para-hydroxylation sites is 1. The van der Waals surface area contributed by atoms with Gasteiger partial charge >= 0.3 is 5.97 Å². The van der Waals surface area contributed by atoms with Crippen molar-refractivity contribution in [3.05, 3.63) is 48.3 Å². The van der Waals surface area contributed by atoms with E-state index in [0.29, 0.717) is 25.1 Å². The normalized spacial score (nSPS) is 21.3. The molecule has 1 aliphatic heterocycles. The molecule has 5 heteroatoms. The van der Waals surface area contributed by atoms with Gasteiger partial charge in [0.1, 0.15) is 11.2 Å². The lowest BCUT2D eigenvalue weighted by atomic mass is 9.78. The summed E-state index contributed by atoms with van der Waals surface area (Å²) in [5.74, 6) is -0.580. The van der Waals surface area contributed by atoms with E-state index in [9.17, 15) is 9.59 Å². The van der Waals surface area contributed by atoms with Crippen LogP contribution in [0.5, 0.6) is 0 Å². The monoisotopic (exact) mass is 284 g/mol. The van der Waals surface area contributed by atoms with Gasteiger partial charge in [0, 0.05) is 19.0 Å². The largest absolute Gasteiger partial charge is 0.465 e. The molecule has 0 N–H and O–H groups in total. The van der Waals surface area contributed by atoms with Crippen LogP contribution < -0.4 is 0 Å². The summed E-state index contributed by atoms with van der Waals surface area (Å²) >= 11 is 0. The Balaban J connectivity index is 1.87. The quantitative estimate of drug-likeness (QED) is 0.636. The van der Waals surface area contributed by atoms with Crippen molar-refractivity contribution in [2.24, 2.45) is 5.41 Å². The number of aromatic nitrogens is 2. The first kappa shape index (κ1) is 13.5. The van der Waals surface area contributed by atoms with Gasteiger partial charge in [0.2, 0.25) is 0 Å². The SMILES string of the molecule is CC(=O)C1(Cc2ccn(-c3ccccc3)n2)CCOC1=O. The number of ketones is 1. The van der Waals surface area contributed by atoms with Crippen LogP contribution in [-0.2, 0) is 20.7 Å². The Labute approximate surface area is 122 Å². The molecule has 1 fully saturated rings. The van der Waals surface area contributed by atoms with Crippen molar-refractivity contribution in [2.75, 3.05) is 6.61 Å². The Morgan fingerprint density at radius 3 is 2.71 bits per heavy atom. The Bertz CT molecular complexity index is 678. The smallest absolute Gasteiger partial charge is 0.320 e. The Morgan fingerprint density at radius 2 is 2.10 bits per heavy atom. The summed E-state index contributed by atoms with van der Waals surface area (Å²) in [4.78, 5) is 23.9. The number of benzene rings is 1. The van der Waals surface area contributed by atoms with E-state index in [2.05, 4.69) is 5.10 Å². The number of esters is 1. The number of hydrogen-bond acceptors (Lipinski definition) is 4. The maximum absolute atomic E-state index is 11.9. The zero-order chi connectivity index (χ0) is 14.9. The number of carbonyl (C=O) groups excluding carboxylic acids is 2. The molecule has 3 rings (SSSR count). The van der Waals surface area contributed by atoms with Gasteiger partial charge in [-0.1, -0.05) is 18.2 Å². The summed E-state index contributed by atoms with van der Waals surface area (Å²) in [5, 5.41) is 4.46. The molecule has 0 amide bonds. The van der Waals surface area contributed by atoms with E-state index in [1.165, 1.54) is 6.92 Å². The zero-order valence-electron chi connectivity index (χ0n) is 11.8. The lowest BCUT2D eigenvalue weighted by molar-refractivity contribution is -0.150. The first-order valence-electron chi connectivity index (χ1n) is 6.90. The van der Waals surface area contributed by atoms with E-state index >= 15 is 0 Å². The van der Waals surface area contributed by atoms with Gasteiger partial charge in [-0.15, -0.1) is 0 Å². The number of Topliss-reactive ketones (excluding diaryl/α,β-unsaturated/α-hetero) is 1. The molecule has 108 valence electrons. The summed E-state index contributed by atoms with van der Waals surface area (Å²) in [6.07, 6.45) is 2.55. The van der Waals surface area contributed by atoms with Gasteiger partial charge in [0.15, 0.2) is 0 Å². The first-order valence-corrected chi connectivity index (χ1v) is 6.90. The zero-order valence-corrected chi connectivity index (χ0v) is 11.8. The summed E-state index contributed by atoms with van der Waals surface area (Å²) in [6.45, 7) is 1.75. The van der Waals surface area contributed by atoms with E-state index in [1.807, 2.05) is 42.6 Å². The van der Waals surface area contributed by atoms with Gasteiger partial charge in [-0.3, -0.25) is 9.59 Å². The molecule has 1 saturated heterocycles. The molecular formula is C16H16N2O3. The second kappa shape index (κ2) is 5.16. The van der Waals surface area contributed by atoms with Crippen molar-refractivity contribution >= 4 is 11.8 Å². The molecule has 2 aromatic rings. The fraction of sp³-hybridized carbons (Fsp3) is 0.312. The van der Waals surface area contributed by atoms with Crippen molar-refractivity contribution in [3.63, 3.8) is 0 Å². The van der Waals surface area contributed by atoms with Gasteiger partial charge in [-0.25, -0.2) is 4.68 Å². The van der Waals surface area contributed by atoms with Crippen LogP contribution in [-0.4, -0.2) is 28.1 Å². The first-order chi connectivity index (χ1) is 10.1. The highest BCUT2D eigenvalue weighted by molar-refractivity contribution is 6.03. The molecule has 0 saturated carbocycles. The van der Waals surface area contributed by atoms with Crippen molar-refractivity contribution in [1.29, 1.82) is 0 Å². The molecular weight excluding hydrogens is 268 g/mol. The third kappa shape index (κ3) is 2.35. The fourth-order valence-electron chi connectivity index (χ4n) is 2.65. The summed E-state index contributed by atoms with van der Waals surface area (Å²) in [5.41, 5.74) is 0.595. The van der Waals surface area contributed by atoms with Crippen LogP contribution in [0.4, 0.5) is 0 Å². The van der Waals surface area contributed by atoms with Crippen LogP contribution >= 0.6 is 0 Å². The summed E-state index contributed by atoms with van der Waals surface area (Å²) in [7, 11) is 0. The van der Waals surface area contributed by atoms with Crippen LogP contribution in [0.2, 0.25) is 0 Å². The van der Waals surface area contributed by atoms with Crippen LogP contribution in [0.3, 0.4) is 0 Å². The van der Waals surface area contributed by atoms with Crippen molar-refractivity contribution in [3.8, 4) is 5.69 Å². The van der Waals surface area contributed by atoms with E-state index in [4.69, 9.17) is 4.74 Å². The number of carbonyl (C=O) groups is 2. The predicted octanol–water partition coefficient (Wildman–Crippen LogP) is 1.94. The van der Waals surface area contributed by atoms with Crippen molar-refractivity contribution in [1.82, 2.24) is 9.78 Å². The molecule has 0 radical (unpaired) electrons. The average molecular weight is 284 g/mol. The predicted molar refractivity (Wildman–Crippen MR) is 76.0 cm³/mol. The minimum Gasteiger partial charge on any atom is -0.465 e. The molecule has 2 heterocycles. The molecule has 0 aliphatic carbocycles. The standard InChI is InChI=1S/C16H16N2O3/c1-12(19)16(8-10-21-15(16)20)11-13-7-9-18(17-13)14-5-3-2-4-6-14/h2-7,9H,8,10-11H2,1H3. The minimum absolute atomic E-state index is 0.153. The second-order valence-electron chi connectivity index (χ2n) is 5.29. The van der Waals surface area contributed by atoms with Gasteiger partial charge in [0.25, 0.3) is 0 Å². The lowest BCUT2D eigenvalue weighted by Crippen LogP contribution is -2.36. The highest BCUT2D eigenvalue weighted by atomic mass is 16.5. The molecule has 1 aromatic carbocycles. The number of hydrogen-bond donors (Lipinski definition) is 0. The van der Waals surface area contributed by atoms with E-state index in [0.717, 1.165) is 5.69 Å². The number of nitrogens with zero attached hydrogens (tertiary/aromatic N) is 2. The van der Waals surface area contributed by atoms with Crippen LogP contribution in [0, 0.1) is 5.41 Å². The number of cyclic esters (lactones) is 1.